The van der Waals surface area contributed by atoms with Gasteiger partial charge in [-0.3, -0.25) is 13.9 Å². The Labute approximate surface area is 243 Å². The highest BCUT2D eigenvalue weighted by molar-refractivity contribution is 7.92. The van der Waals surface area contributed by atoms with Crippen LogP contribution in [0.5, 0.6) is 0 Å². The molecule has 0 unspecified atom stereocenters. The van der Waals surface area contributed by atoms with E-state index in [1.54, 1.807) is 44.2 Å². The highest BCUT2D eigenvalue weighted by atomic mass is 35.5. The van der Waals surface area contributed by atoms with Crippen LogP contribution in [0.15, 0.2) is 71.6 Å². The molecule has 1 atom stereocenters. The Hall–Kier alpha value is -3.36. The third kappa shape index (κ3) is 7.86. The second kappa shape index (κ2) is 12.4. The largest absolute Gasteiger partial charge is 0.350 e. The fourth-order valence-corrected chi connectivity index (χ4v) is 5.90. The van der Waals surface area contributed by atoms with Gasteiger partial charge in [-0.25, -0.2) is 8.42 Å². The number of nitrogens with zero attached hydrogens (tertiary/aromatic N) is 2. The van der Waals surface area contributed by atoms with Gasteiger partial charge in [-0.1, -0.05) is 59.1 Å². The van der Waals surface area contributed by atoms with Crippen molar-refractivity contribution in [3.63, 3.8) is 0 Å². The smallest absolute Gasteiger partial charge is 0.264 e. The van der Waals surface area contributed by atoms with E-state index in [9.17, 15) is 18.0 Å². The lowest BCUT2D eigenvalue weighted by atomic mass is 10.1. The lowest BCUT2D eigenvalue weighted by Gasteiger charge is -2.34. The Morgan fingerprint density at radius 1 is 0.900 bits per heavy atom. The number of benzene rings is 3. The van der Waals surface area contributed by atoms with Crippen LogP contribution in [-0.4, -0.2) is 43.3 Å². The first-order valence-electron chi connectivity index (χ1n) is 13.1. The lowest BCUT2D eigenvalue weighted by Crippen LogP contribution is -2.54. The molecule has 0 aliphatic rings. The van der Waals surface area contributed by atoms with Crippen LogP contribution in [0.1, 0.15) is 49.9 Å². The number of sulfonamides is 1. The fraction of sp³-hybridized carbons (Fsp3) is 0.355. The normalized spacial score (nSPS) is 12.5. The minimum Gasteiger partial charge on any atom is -0.350 e. The number of carbonyl (C=O) groups excluding carboxylic acids is 2. The van der Waals surface area contributed by atoms with Gasteiger partial charge in [0, 0.05) is 17.1 Å². The Balaban J connectivity index is 2.07. The Morgan fingerprint density at radius 2 is 1.45 bits per heavy atom. The maximum absolute atomic E-state index is 14.0. The fourth-order valence-electron chi connectivity index (χ4n) is 4.20. The van der Waals surface area contributed by atoms with Crippen molar-refractivity contribution in [2.24, 2.45) is 0 Å². The first-order valence-corrected chi connectivity index (χ1v) is 14.9. The molecule has 0 heterocycles. The second-order valence-corrected chi connectivity index (χ2v) is 13.5. The van der Waals surface area contributed by atoms with Crippen molar-refractivity contribution < 1.29 is 18.0 Å². The van der Waals surface area contributed by atoms with Crippen molar-refractivity contribution in [1.29, 1.82) is 0 Å². The van der Waals surface area contributed by atoms with Crippen LogP contribution in [0.3, 0.4) is 0 Å². The SMILES string of the molecule is Cc1ccc(CN(C(=O)CN(c2ccc(Cl)cc2C)S(=O)(=O)c2ccc(C)cc2)[C@@H](C)C(=O)NC(C)(C)C)cc1. The summed E-state index contributed by atoms with van der Waals surface area (Å²) in [5.74, 6) is -0.842. The molecule has 7 nitrogen and oxygen atoms in total. The maximum atomic E-state index is 14.0. The van der Waals surface area contributed by atoms with Gasteiger partial charge in [0.05, 0.1) is 10.6 Å². The van der Waals surface area contributed by atoms with Gasteiger partial charge in [-0.05, 0) is 89.9 Å². The van der Waals surface area contributed by atoms with Gasteiger partial charge in [0.25, 0.3) is 10.0 Å². The predicted molar refractivity (Wildman–Crippen MR) is 161 cm³/mol. The van der Waals surface area contributed by atoms with Crippen molar-refractivity contribution in [3.8, 4) is 0 Å². The molecule has 0 saturated carbocycles. The molecule has 3 rings (SSSR count). The number of aryl methyl sites for hydroxylation is 3. The van der Waals surface area contributed by atoms with E-state index in [1.165, 1.54) is 17.0 Å². The lowest BCUT2D eigenvalue weighted by molar-refractivity contribution is -0.140. The molecule has 0 aliphatic carbocycles. The highest BCUT2D eigenvalue weighted by Gasteiger charge is 2.34. The first kappa shape index (κ1) is 31.2. The van der Waals surface area contributed by atoms with Crippen LogP contribution in [0.2, 0.25) is 5.02 Å². The molecule has 0 saturated heterocycles. The molecule has 40 heavy (non-hydrogen) atoms. The van der Waals surface area contributed by atoms with Crippen LogP contribution in [0.25, 0.3) is 0 Å². The van der Waals surface area contributed by atoms with Crippen molar-refractivity contribution >= 4 is 39.1 Å². The molecule has 0 radical (unpaired) electrons. The van der Waals surface area contributed by atoms with E-state index in [0.717, 1.165) is 21.0 Å². The summed E-state index contributed by atoms with van der Waals surface area (Å²) in [5, 5.41) is 3.38. The minimum atomic E-state index is -4.15. The molecule has 0 aliphatic heterocycles. The van der Waals surface area contributed by atoms with E-state index in [-0.39, 0.29) is 17.3 Å². The summed E-state index contributed by atoms with van der Waals surface area (Å²) in [7, 11) is -4.15. The van der Waals surface area contributed by atoms with Crippen LogP contribution in [0.4, 0.5) is 5.69 Å². The summed E-state index contributed by atoms with van der Waals surface area (Å²) in [6, 6.07) is 18.1. The van der Waals surface area contributed by atoms with Crippen LogP contribution < -0.4 is 9.62 Å². The first-order chi connectivity index (χ1) is 18.6. The topological polar surface area (TPSA) is 86.8 Å². The molecule has 0 bridgehead atoms. The van der Waals surface area contributed by atoms with Gasteiger partial charge in [0.15, 0.2) is 0 Å². The summed E-state index contributed by atoms with van der Waals surface area (Å²) in [4.78, 5) is 28.7. The van der Waals surface area contributed by atoms with Gasteiger partial charge in [0.2, 0.25) is 11.8 Å². The summed E-state index contributed by atoms with van der Waals surface area (Å²) in [6.45, 7) is 12.5. The quantitative estimate of drug-likeness (QED) is 0.345. The van der Waals surface area contributed by atoms with E-state index >= 15 is 0 Å². The average molecular weight is 584 g/mol. The minimum absolute atomic E-state index is 0.0591. The zero-order valence-corrected chi connectivity index (χ0v) is 25.7. The van der Waals surface area contributed by atoms with Gasteiger partial charge < -0.3 is 10.2 Å². The van der Waals surface area contributed by atoms with Crippen molar-refractivity contribution in [1.82, 2.24) is 10.2 Å². The third-order valence-electron chi connectivity index (χ3n) is 6.45. The van der Waals surface area contributed by atoms with Crippen molar-refractivity contribution in [3.05, 3.63) is 94.0 Å². The van der Waals surface area contributed by atoms with Gasteiger partial charge in [-0.2, -0.15) is 0 Å². The molecule has 214 valence electrons. The summed E-state index contributed by atoms with van der Waals surface area (Å²) >= 11 is 6.17. The number of anilines is 1. The summed E-state index contributed by atoms with van der Waals surface area (Å²) in [5.41, 5.74) is 3.22. The number of halogens is 1. The number of hydrogen-bond acceptors (Lipinski definition) is 4. The van der Waals surface area contributed by atoms with E-state index in [0.29, 0.717) is 16.3 Å². The van der Waals surface area contributed by atoms with Gasteiger partial charge in [0.1, 0.15) is 12.6 Å². The summed E-state index contributed by atoms with van der Waals surface area (Å²) in [6.07, 6.45) is 0. The Kier molecular flexibility index (Phi) is 9.69. The molecule has 0 aromatic heterocycles. The molecule has 0 fully saturated rings. The standard InChI is InChI=1S/C31H38ClN3O4S/c1-21-8-12-25(13-9-21)19-34(24(4)30(37)33-31(5,6)7)29(36)20-35(28-17-14-26(32)18-23(28)3)40(38,39)27-15-10-22(2)11-16-27/h8-18,24H,19-20H2,1-7H3,(H,33,37)/t24-/m0/s1. The number of amides is 2. The molecule has 2 amide bonds. The maximum Gasteiger partial charge on any atom is 0.264 e. The van der Waals surface area contributed by atoms with E-state index in [2.05, 4.69) is 5.32 Å². The molecule has 0 spiro atoms. The van der Waals surface area contributed by atoms with Crippen molar-refractivity contribution in [2.75, 3.05) is 10.8 Å². The zero-order chi connectivity index (χ0) is 29.8. The number of nitrogens with one attached hydrogen (secondary N) is 1. The van der Waals surface area contributed by atoms with Crippen LogP contribution >= 0.6 is 11.6 Å². The zero-order valence-electron chi connectivity index (χ0n) is 24.2. The Bertz CT molecular complexity index is 1460. The molecular formula is C31H38ClN3O4S. The predicted octanol–water partition coefficient (Wildman–Crippen LogP) is 5.79. The number of carbonyl (C=O) groups is 2. The molecule has 3 aromatic carbocycles. The number of rotatable bonds is 9. The summed E-state index contributed by atoms with van der Waals surface area (Å²) < 4.78 is 29.0. The number of hydrogen-bond donors (Lipinski definition) is 1. The molecular weight excluding hydrogens is 546 g/mol. The van der Waals surface area contributed by atoms with Gasteiger partial charge >= 0.3 is 0 Å². The van der Waals surface area contributed by atoms with Gasteiger partial charge in [-0.15, -0.1) is 0 Å². The van der Waals surface area contributed by atoms with Crippen molar-refractivity contribution in [2.45, 2.75) is 71.5 Å². The van der Waals surface area contributed by atoms with Crippen LogP contribution in [0, 0.1) is 20.8 Å². The average Bonchev–Trinajstić information content (AvgIpc) is 2.86. The second-order valence-electron chi connectivity index (χ2n) is 11.2. The highest BCUT2D eigenvalue weighted by Crippen LogP contribution is 2.29. The monoisotopic (exact) mass is 583 g/mol. The van der Waals surface area contributed by atoms with Crippen LogP contribution in [-0.2, 0) is 26.2 Å². The molecule has 9 heteroatoms. The van der Waals surface area contributed by atoms with E-state index in [1.807, 2.05) is 58.9 Å². The molecule has 3 aromatic rings. The Morgan fingerprint density at radius 3 is 1.98 bits per heavy atom. The third-order valence-corrected chi connectivity index (χ3v) is 8.46. The van der Waals surface area contributed by atoms with E-state index < -0.39 is 34.1 Å². The van der Waals surface area contributed by atoms with E-state index in [4.69, 9.17) is 11.6 Å². The molecule has 1 N–H and O–H groups in total.